The first-order valence-corrected chi connectivity index (χ1v) is 8.00. The fourth-order valence-electron chi connectivity index (χ4n) is 2.47. The van der Waals surface area contributed by atoms with E-state index in [1.807, 2.05) is 0 Å². The number of imide groups is 1. The number of amides is 2. The number of thioether (sulfide) groups is 1. The third-order valence-electron chi connectivity index (χ3n) is 3.60. The number of carbonyl (C=O) groups excluding carboxylic acids is 2. The van der Waals surface area contributed by atoms with Crippen molar-refractivity contribution in [3.8, 4) is 5.75 Å². The predicted octanol–water partition coefficient (Wildman–Crippen LogP) is 2.51. The van der Waals surface area contributed by atoms with E-state index < -0.39 is 17.1 Å². The van der Waals surface area contributed by atoms with Crippen LogP contribution in [0.3, 0.4) is 0 Å². The first-order valence-electron chi connectivity index (χ1n) is 7.12. The van der Waals surface area contributed by atoms with E-state index in [0.29, 0.717) is 10.6 Å². The quantitative estimate of drug-likeness (QED) is 0.828. The Morgan fingerprint density at radius 3 is 2.42 bits per heavy atom. The molecular formula is C17H13NO5S. The Kier molecular flexibility index (Phi) is 4.26. The number of hydrogen-bond donors (Lipinski definition) is 2. The number of benzene rings is 2. The van der Waals surface area contributed by atoms with E-state index in [4.69, 9.17) is 0 Å². The molecule has 1 heterocycles. The second-order valence-corrected chi connectivity index (χ2v) is 6.44. The highest BCUT2D eigenvalue weighted by Crippen LogP contribution is 2.35. The van der Waals surface area contributed by atoms with Gasteiger partial charge in [0.15, 0.2) is 0 Å². The van der Waals surface area contributed by atoms with Crippen molar-refractivity contribution in [2.24, 2.45) is 0 Å². The average molecular weight is 343 g/mol. The van der Waals surface area contributed by atoms with Crippen molar-refractivity contribution in [2.75, 3.05) is 4.90 Å². The van der Waals surface area contributed by atoms with Crippen molar-refractivity contribution < 1.29 is 24.6 Å². The summed E-state index contributed by atoms with van der Waals surface area (Å²) in [5, 5.41) is 17.9. The first kappa shape index (κ1) is 16.1. The van der Waals surface area contributed by atoms with Crippen molar-refractivity contribution >= 4 is 35.2 Å². The number of rotatable bonds is 4. The lowest BCUT2D eigenvalue weighted by molar-refractivity contribution is -0.121. The van der Waals surface area contributed by atoms with Crippen LogP contribution >= 0.6 is 11.8 Å². The first-order chi connectivity index (χ1) is 11.5. The molecule has 7 heteroatoms. The van der Waals surface area contributed by atoms with Crippen LogP contribution in [0.15, 0.2) is 53.4 Å². The van der Waals surface area contributed by atoms with Crippen molar-refractivity contribution in [1.29, 1.82) is 0 Å². The van der Waals surface area contributed by atoms with Gasteiger partial charge in [0.05, 0.1) is 16.5 Å². The van der Waals surface area contributed by atoms with E-state index in [1.165, 1.54) is 30.3 Å². The summed E-state index contributed by atoms with van der Waals surface area (Å²) >= 11 is 1.08. The van der Waals surface area contributed by atoms with Gasteiger partial charge in [0.1, 0.15) is 5.75 Å². The van der Waals surface area contributed by atoms with Gasteiger partial charge >= 0.3 is 5.97 Å². The van der Waals surface area contributed by atoms with Crippen molar-refractivity contribution in [3.63, 3.8) is 0 Å². The number of aromatic hydroxyl groups is 1. The maximum absolute atomic E-state index is 12.6. The zero-order valence-corrected chi connectivity index (χ0v) is 13.2. The highest BCUT2D eigenvalue weighted by atomic mass is 32.2. The Balaban J connectivity index is 1.85. The van der Waals surface area contributed by atoms with Gasteiger partial charge in [-0.15, -0.1) is 11.8 Å². The summed E-state index contributed by atoms with van der Waals surface area (Å²) in [6.45, 7) is 0. The maximum atomic E-state index is 12.6. The summed E-state index contributed by atoms with van der Waals surface area (Å²) in [5.74, 6) is -1.78. The molecule has 2 aromatic carbocycles. The number of aromatic carboxylic acids is 1. The molecule has 3 rings (SSSR count). The van der Waals surface area contributed by atoms with E-state index in [2.05, 4.69) is 0 Å². The molecule has 1 saturated heterocycles. The summed E-state index contributed by atoms with van der Waals surface area (Å²) in [6.07, 6.45) is -0.00166. The van der Waals surface area contributed by atoms with Gasteiger partial charge in [0, 0.05) is 11.3 Å². The largest absolute Gasteiger partial charge is 0.508 e. The van der Waals surface area contributed by atoms with Crippen LogP contribution in [0.1, 0.15) is 16.8 Å². The normalized spacial score (nSPS) is 17.3. The Hall–Kier alpha value is -2.80. The summed E-state index contributed by atoms with van der Waals surface area (Å²) in [7, 11) is 0. The van der Waals surface area contributed by atoms with E-state index in [-0.39, 0.29) is 23.6 Å². The SMILES string of the molecule is O=C(O)c1ccccc1SC1CC(=O)N(c2ccc(O)cc2)C1=O. The van der Waals surface area contributed by atoms with Gasteiger partial charge in [0.25, 0.3) is 0 Å². The van der Waals surface area contributed by atoms with Crippen molar-refractivity contribution in [3.05, 3.63) is 54.1 Å². The van der Waals surface area contributed by atoms with E-state index in [9.17, 15) is 24.6 Å². The van der Waals surface area contributed by atoms with E-state index >= 15 is 0 Å². The van der Waals surface area contributed by atoms with Crippen molar-refractivity contribution in [1.82, 2.24) is 0 Å². The van der Waals surface area contributed by atoms with Gasteiger partial charge in [-0.25, -0.2) is 9.69 Å². The fourth-order valence-corrected chi connectivity index (χ4v) is 3.65. The number of carboxylic acids is 1. The number of anilines is 1. The lowest BCUT2D eigenvalue weighted by Crippen LogP contribution is -2.31. The Morgan fingerprint density at radius 2 is 1.75 bits per heavy atom. The molecule has 0 spiro atoms. The number of hydrogen-bond acceptors (Lipinski definition) is 5. The average Bonchev–Trinajstić information content (AvgIpc) is 2.83. The molecule has 1 aliphatic heterocycles. The van der Waals surface area contributed by atoms with Gasteiger partial charge in [-0.1, -0.05) is 12.1 Å². The molecule has 1 atom stereocenters. The standard InChI is InChI=1S/C17H13NO5S/c19-11-7-5-10(6-8-11)18-15(20)9-14(16(18)21)24-13-4-2-1-3-12(13)17(22)23/h1-8,14,19H,9H2,(H,22,23). The van der Waals surface area contributed by atoms with Gasteiger partial charge in [-0.2, -0.15) is 0 Å². The summed E-state index contributed by atoms with van der Waals surface area (Å²) in [6, 6.07) is 12.2. The van der Waals surface area contributed by atoms with Crippen LogP contribution in [0, 0.1) is 0 Å². The molecule has 1 fully saturated rings. The minimum absolute atomic E-state index is 0.00166. The lowest BCUT2D eigenvalue weighted by atomic mass is 10.2. The second kappa shape index (κ2) is 6.37. The number of phenols is 1. The molecule has 0 saturated carbocycles. The Labute approximate surface area is 141 Å². The van der Waals surface area contributed by atoms with E-state index in [0.717, 1.165) is 16.7 Å². The molecule has 0 radical (unpaired) electrons. The molecular weight excluding hydrogens is 330 g/mol. The van der Waals surface area contributed by atoms with Gasteiger partial charge < -0.3 is 10.2 Å². The number of phenolic OH excluding ortho intramolecular Hbond substituents is 1. The van der Waals surface area contributed by atoms with Gasteiger partial charge in [-0.3, -0.25) is 9.59 Å². The van der Waals surface area contributed by atoms with Crippen LogP contribution in [-0.4, -0.2) is 33.2 Å². The van der Waals surface area contributed by atoms with Crippen LogP contribution in [0.4, 0.5) is 5.69 Å². The van der Waals surface area contributed by atoms with Crippen LogP contribution < -0.4 is 4.90 Å². The number of carbonyl (C=O) groups is 3. The lowest BCUT2D eigenvalue weighted by Gasteiger charge is -2.15. The zero-order chi connectivity index (χ0) is 17.3. The smallest absolute Gasteiger partial charge is 0.336 e. The van der Waals surface area contributed by atoms with Crippen LogP contribution in [0.2, 0.25) is 0 Å². The van der Waals surface area contributed by atoms with Gasteiger partial charge in [-0.05, 0) is 36.4 Å². The molecule has 2 amide bonds. The fraction of sp³-hybridized carbons (Fsp3) is 0.118. The molecule has 0 bridgehead atoms. The van der Waals surface area contributed by atoms with Crippen LogP contribution in [0.5, 0.6) is 5.75 Å². The predicted molar refractivity (Wildman–Crippen MR) is 88.3 cm³/mol. The highest BCUT2D eigenvalue weighted by Gasteiger charge is 2.40. The minimum Gasteiger partial charge on any atom is -0.508 e. The monoisotopic (exact) mass is 343 g/mol. The maximum Gasteiger partial charge on any atom is 0.336 e. The summed E-state index contributed by atoms with van der Waals surface area (Å²) in [4.78, 5) is 37.5. The molecule has 122 valence electrons. The Morgan fingerprint density at radius 1 is 1.08 bits per heavy atom. The Bertz CT molecular complexity index is 818. The summed E-state index contributed by atoms with van der Waals surface area (Å²) < 4.78 is 0. The molecule has 0 aliphatic carbocycles. The number of nitrogens with zero attached hydrogens (tertiary/aromatic N) is 1. The third-order valence-corrected chi connectivity index (χ3v) is 4.86. The molecule has 2 N–H and O–H groups in total. The molecule has 24 heavy (non-hydrogen) atoms. The molecule has 1 unspecified atom stereocenters. The minimum atomic E-state index is -1.08. The molecule has 1 aliphatic rings. The molecule has 6 nitrogen and oxygen atoms in total. The summed E-state index contributed by atoms with van der Waals surface area (Å²) in [5.41, 5.74) is 0.489. The number of carboxylic acid groups (broad SMARTS) is 1. The third kappa shape index (κ3) is 2.98. The van der Waals surface area contributed by atoms with E-state index in [1.54, 1.807) is 18.2 Å². The van der Waals surface area contributed by atoms with Crippen LogP contribution in [0.25, 0.3) is 0 Å². The van der Waals surface area contributed by atoms with Crippen molar-refractivity contribution in [2.45, 2.75) is 16.6 Å². The zero-order valence-electron chi connectivity index (χ0n) is 12.4. The van der Waals surface area contributed by atoms with Gasteiger partial charge in [0.2, 0.25) is 11.8 Å². The highest BCUT2D eigenvalue weighted by molar-refractivity contribution is 8.00. The molecule has 2 aromatic rings. The molecule has 0 aromatic heterocycles. The topological polar surface area (TPSA) is 94.9 Å². The van der Waals surface area contributed by atoms with Crippen LogP contribution in [-0.2, 0) is 9.59 Å². The second-order valence-electron chi connectivity index (χ2n) is 5.20.